The van der Waals surface area contributed by atoms with Crippen molar-refractivity contribution in [2.75, 3.05) is 0 Å². The van der Waals surface area contributed by atoms with Gasteiger partial charge in [-0.25, -0.2) is 22.5 Å². The van der Waals surface area contributed by atoms with Crippen LogP contribution >= 0.6 is 11.3 Å². The highest BCUT2D eigenvalue weighted by atomic mass is 32.1. The highest BCUT2D eigenvalue weighted by molar-refractivity contribution is 7.11. The molecule has 3 aromatic rings. The minimum absolute atomic E-state index is 0.0192. The van der Waals surface area contributed by atoms with Crippen LogP contribution in [-0.2, 0) is 13.0 Å². The zero-order valence-electron chi connectivity index (χ0n) is 13.2. The number of amides is 1. The fourth-order valence-electron chi connectivity index (χ4n) is 2.27. The Kier molecular flexibility index (Phi) is 5.32. The quantitative estimate of drug-likeness (QED) is 0.532. The fraction of sp³-hybridized carbons (Fsp3) is 0.111. The normalized spacial score (nSPS) is 10.8. The van der Waals surface area contributed by atoms with Crippen LogP contribution in [0.1, 0.15) is 25.8 Å². The van der Waals surface area contributed by atoms with E-state index in [0.29, 0.717) is 17.5 Å². The average Bonchev–Trinajstić information content (AvgIpc) is 3.07. The number of nitrogens with zero attached hydrogens (tertiary/aromatic N) is 1. The summed E-state index contributed by atoms with van der Waals surface area (Å²) in [6.07, 6.45) is 2.19. The lowest BCUT2D eigenvalue weighted by molar-refractivity contribution is 0.0945. The molecule has 1 aromatic heterocycles. The van der Waals surface area contributed by atoms with Gasteiger partial charge in [0.25, 0.3) is 5.91 Å². The van der Waals surface area contributed by atoms with Crippen molar-refractivity contribution in [2.45, 2.75) is 13.0 Å². The number of thiazole rings is 1. The van der Waals surface area contributed by atoms with Gasteiger partial charge in [0.15, 0.2) is 17.5 Å². The summed E-state index contributed by atoms with van der Waals surface area (Å²) in [5.41, 5.74) is 0.335. The summed E-state index contributed by atoms with van der Waals surface area (Å²) in [6.45, 7) is 0.0192. The van der Waals surface area contributed by atoms with E-state index in [2.05, 4.69) is 10.3 Å². The van der Waals surface area contributed by atoms with E-state index < -0.39 is 28.9 Å². The lowest BCUT2D eigenvalue weighted by Gasteiger charge is -2.05. The minimum Gasteiger partial charge on any atom is -0.345 e. The van der Waals surface area contributed by atoms with E-state index in [-0.39, 0.29) is 12.4 Å². The van der Waals surface area contributed by atoms with Crippen molar-refractivity contribution in [3.63, 3.8) is 0 Å². The van der Waals surface area contributed by atoms with Gasteiger partial charge in [-0.15, -0.1) is 11.3 Å². The van der Waals surface area contributed by atoms with Gasteiger partial charge in [0.1, 0.15) is 10.8 Å². The molecule has 2 aromatic carbocycles. The number of carbonyl (C=O) groups is 1. The second-order valence-electron chi connectivity index (χ2n) is 5.43. The molecule has 0 fully saturated rings. The standard InChI is InChI=1S/C18H12F4N2OS/c19-11-3-1-10(2-4-11)7-12-8-23-15(26-12)9-24-18(25)13-5-6-14(20)17(22)16(13)21/h1-6,8H,7,9H2,(H,24,25). The molecule has 3 rings (SSSR count). The Morgan fingerprint density at radius 1 is 1.00 bits per heavy atom. The van der Waals surface area contributed by atoms with Gasteiger partial charge in [-0.2, -0.15) is 0 Å². The maximum atomic E-state index is 13.6. The number of benzene rings is 2. The van der Waals surface area contributed by atoms with E-state index in [1.807, 2.05) is 0 Å². The number of halogens is 4. The molecule has 0 atom stereocenters. The molecule has 0 aliphatic rings. The van der Waals surface area contributed by atoms with Crippen LogP contribution < -0.4 is 5.32 Å². The summed E-state index contributed by atoms with van der Waals surface area (Å²) in [5, 5.41) is 2.99. The van der Waals surface area contributed by atoms with E-state index in [4.69, 9.17) is 0 Å². The smallest absolute Gasteiger partial charge is 0.254 e. The van der Waals surface area contributed by atoms with Crippen molar-refractivity contribution in [1.82, 2.24) is 10.3 Å². The molecule has 0 aliphatic heterocycles. The first-order chi connectivity index (χ1) is 12.4. The number of rotatable bonds is 5. The van der Waals surface area contributed by atoms with Crippen LogP contribution in [-0.4, -0.2) is 10.9 Å². The maximum Gasteiger partial charge on any atom is 0.254 e. The van der Waals surface area contributed by atoms with Gasteiger partial charge >= 0.3 is 0 Å². The lowest BCUT2D eigenvalue weighted by atomic mass is 10.1. The summed E-state index contributed by atoms with van der Waals surface area (Å²) in [5.74, 6) is -5.75. The molecule has 0 aliphatic carbocycles. The van der Waals surface area contributed by atoms with Crippen LogP contribution in [0, 0.1) is 23.3 Å². The molecule has 1 N–H and O–H groups in total. The minimum atomic E-state index is -1.69. The lowest BCUT2D eigenvalue weighted by Crippen LogP contribution is -2.24. The Hall–Kier alpha value is -2.74. The summed E-state index contributed by atoms with van der Waals surface area (Å²) in [7, 11) is 0. The molecule has 0 saturated carbocycles. The molecular formula is C18H12F4N2OS. The second-order valence-corrected chi connectivity index (χ2v) is 6.63. The number of carbonyl (C=O) groups excluding carboxylic acids is 1. The van der Waals surface area contributed by atoms with Crippen molar-refractivity contribution < 1.29 is 22.4 Å². The van der Waals surface area contributed by atoms with E-state index >= 15 is 0 Å². The molecule has 0 saturated heterocycles. The Balaban J connectivity index is 1.62. The third-order valence-electron chi connectivity index (χ3n) is 3.57. The first kappa shape index (κ1) is 18.1. The van der Waals surface area contributed by atoms with Crippen LogP contribution in [0.5, 0.6) is 0 Å². The number of hydrogen-bond donors (Lipinski definition) is 1. The van der Waals surface area contributed by atoms with Crippen molar-refractivity contribution in [3.8, 4) is 0 Å². The van der Waals surface area contributed by atoms with E-state index in [1.165, 1.54) is 23.5 Å². The molecule has 8 heteroatoms. The van der Waals surface area contributed by atoms with Gasteiger partial charge in [-0.05, 0) is 29.8 Å². The summed E-state index contributed by atoms with van der Waals surface area (Å²) in [4.78, 5) is 17.0. The third-order valence-corrected chi connectivity index (χ3v) is 4.57. The van der Waals surface area contributed by atoms with E-state index in [0.717, 1.165) is 16.5 Å². The van der Waals surface area contributed by atoms with Crippen molar-refractivity contribution in [1.29, 1.82) is 0 Å². The Morgan fingerprint density at radius 2 is 1.73 bits per heavy atom. The van der Waals surface area contributed by atoms with Gasteiger partial charge in [0.2, 0.25) is 0 Å². The topological polar surface area (TPSA) is 42.0 Å². The zero-order valence-corrected chi connectivity index (χ0v) is 14.0. The monoisotopic (exact) mass is 380 g/mol. The number of nitrogens with one attached hydrogen (secondary N) is 1. The zero-order chi connectivity index (χ0) is 18.7. The van der Waals surface area contributed by atoms with Gasteiger partial charge in [0, 0.05) is 17.5 Å². The molecule has 0 unspecified atom stereocenters. The summed E-state index contributed by atoms with van der Waals surface area (Å²) in [6, 6.07) is 7.65. The van der Waals surface area contributed by atoms with E-state index in [9.17, 15) is 22.4 Å². The van der Waals surface area contributed by atoms with Gasteiger partial charge in [0.05, 0.1) is 12.1 Å². The van der Waals surface area contributed by atoms with Gasteiger partial charge in [-0.1, -0.05) is 12.1 Å². The Morgan fingerprint density at radius 3 is 2.46 bits per heavy atom. The molecule has 0 spiro atoms. The molecule has 134 valence electrons. The molecule has 0 bridgehead atoms. The first-order valence-electron chi connectivity index (χ1n) is 7.54. The molecular weight excluding hydrogens is 368 g/mol. The molecule has 0 radical (unpaired) electrons. The van der Waals surface area contributed by atoms with Crippen molar-refractivity contribution >= 4 is 17.2 Å². The fourth-order valence-corrected chi connectivity index (χ4v) is 3.16. The SMILES string of the molecule is O=C(NCc1ncc(Cc2ccc(F)cc2)s1)c1ccc(F)c(F)c1F. The Bertz CT molecular complexity index is 941. The van der Waals surface area contributed by atoms with Crippen LogP contribution in [0.25, 0.3) is 0 Å². The van der Waals surface area contributed by atoms with Crippen molar-refractivity contribution in [2.24, 2.45) is 0 Å². The Labute approximate surface area is 150 Å². The summed E-state index contributed by atoms with van der Waals surface area (Å²) >= 11 is 1.33. The number of hydrogen-bond acceptors (Lipinski definition) is 3. The number of aromatic nitrogens is 1. The largest absolute Gasteiger partial charge is 0.345 e. The van der Waals surface area contributed by atoms with Crippen LogP contribution in [0.3, 0.4) is 0 Å². The van der Waals surface area contributed by atoms with Gasteiger partial charge < -0.3 is 5.32 Å². The highest BCUT2D eigenvalue weighted by Gasteiger charge is 2.18. The molecule has 3 nitrogen and oxygen atoms in total. The van der Waals surface area contributed by atoms with Crippen molar-refractivity contribution in [3.05, 3.63) is 86.9 Å². The average molecular weight is 380 g/mol. The molecule has 1 heterocycles. The van der Waals surface area contributed by atoms with Crippen LogP contribution in [0.2, 0.25) is 0 Å². The maximum absolute atomic E-state index is 13.6. The second kappa shape index (κ2) is 7.65. The third kappa shape index (κ3) is 4.08. The highest BCUT2D eigenvalue weighted by Crippen LogP contribution is 2.18. The van der Waals surface area contributed by atoms with E-state index in [1.54, 1.807) is 18.3 Å². The summed E-state index contributed by atoms with van der Waals surface area (Å²) < 4.78 is 52.6. The molecule has 26 heavy (non-hydrogen) atoms. The van der Waals surface area contributed by atoms with Gasteiger partial charge in [-0.3, -0.25) is 4.79 Å². The predicted molar refractivity (Wildman–Crippen MR) is 88.8 cm³/mol. The first-order valence-corrected chi connectivity index (χ1v) is 8.35. The predicted octanol–water partition coefficient (Wildman–Crippen LogP) is 4.22. The van der Waals surface area contributed by atoms with Crippen LogP contribution in [0.4, 0.5) is 17.6 Å². The molecule has 1 amide bonds. The van der Waals surface area contributed by atoms with Crippen LogP contribution in [0.15, 0.2) is 42.6 Å².